The molecule has 1 saturated carbocycles. The molecule has 7 nitrogen and oxygen atoms in total. The molecule has 3 N–H and O–H groups in total. The third-order valence-corrected chi connectivity index (χ3v) is 7.37. The average Bonchev–Trinajstić information content (AvgIpc) is 2.94. The van der Waals surface area contributed by atoms with Crippen molar-refractivity contribution in [1.82, 2.24) is 16.0 Å². The van der Waals surface area contributed by atoms with Gasteiger partial charge in [0.15, 0.2) is 15.8 Å². The first-order valence-corrected chi connectivity index (χ1v) is 12.2. The maximum atomic E-state index is 12.0. The van der Waals surface area contributed by atoms with Crippen molar-refractivity contribution < 1.29 is 13.2 Å². The molecule has 0 aromatic rings. The number of hydrogen-bond donors (Lipinski definition) is 3. The first-order valence-electron chi connectivity index (χ1n) is 10.3. The predicted molar refractivity (Wildman–Crippen MR) is 110 cm³/mol. The lowest BCUT2D eigenvalue weighted by Crippen LogP contribution is -2.45. The van der Waals surface area contributed by atoms with Crippen LogP contribution in [0.25, 0.3) is 0 Å². The second kappa shape index (κ2) is 10.3. The normalized spacial score (nSPS) is 28.1. The lowest BCUT2D eigenvalue weighted by Gasteiger charge is -2.32. The molecule has 1 unspecified atom stereocenters. The molecule has 8 heteroatoms. The summed E-state index contributed by atoms with van der Waals surface area (Å²) in [4.78, 5) is 16.5. The van der Waals surface area contributed by atoms with Crippen molar-refractivity contribution in [1.29, 1.82) is 0 Å². The largest absolute Gasteiger partial charge is 0.357 e. The van der Waals surface area contributed by atoms with Gasteiger partial charge in [-0.1, -0.05) is 13.8 Å². The second-order valence-electron chi connectivity index (χ2n) is 8.18. The summed E-state index contributed by atoms with van der Waals surface area (Å²) in [7, 11) is -2.97. The average molecular weight is 401 g/mol. The van der Waals surface area contributed by atoms with Crippen LogP contribution in [0, 0.1) is 11.8 Å². The number of aliphatic imine (C=N–C) groups is 1. The second-order valence-corrected chi connectivity index (χ2v) is 10.4. The van der Waals surface area contributed by atoms with E-state index in [0.717, 1.165) is 37.2 Å². The zero-order chi connectivity index (χ0) is 19.9. The van der Waals surface area contributed by atoms with E-state index in [9.17, 15) is 13.2 Å². The highest BCUT2D eigenvalue weighted by molar-refractivity contribution is 7.91. The summed E-state index contributed by atoms with van der Waals surface area (Å²) >= 11 is 0. The molecule has 1 aliphatic heterocycles. The van der Waals surface area contributed by atoms with Gasteiger partial charge in [0.2, 0.25) is 5.91 Å². The number of sulfone groups is 1. The molecular formula is C19H36N4O3S. The number of carbonyl (C=O) groups is 1. The third kappa shape index (κ3) is 7.68. The predicted octanol–water partition coefficient (Wildman–Crippen LogP) is 1.45. The first-order chi connectivity index (χ1) is 12.8. The van der Waals surface area contributed by atoms with Gasteiger partial charge in [0.1, 0.15) is 0 Å². The van der Waals surface area contributed by atoms with E-state index in [4.69, 9.17) is 0 Å². The molecule has 1 saturated heterocycles. The minimum Gasteiger partial charge on any atom is -0.357 e. The topological polar surface area (TPSA) is 99.7 Å². The van der Waals surface area contributed by atoms with Gasteiger partial charge in [-0.2, -0.15) is 0 Å². The van der Waals surface area contributed by atoms with Crippen molar-refractivity contribution >= 4 is 21.7 Å². The van der Waals surface area contributed by atoms with E-state index in [1.807, 2.05) is 6.92 Å². The molecule has 1 heterocycles. The molecule has 0 radical (unpaired) electrons. The maximum absolute atomic E-state index is 12.0. The minimum absolute atomic E-state index is 0.0608. The van der Waals surface area contributed by atoms with E-state index in [2.05, 4.69) is 34.8 Å². The standard InChI is InChI=1S/C19H36N4O3S/c1-4-20-19(23-16-7-5-15(6-8-16)14(2)3)21-11-9-18(24)22-17-10-12-27(25,26)13-17/h14-17H,4-13H2,1-3H3,(H,22,24)(H2,20,21,23). The maximum Gasteiger partial charge on any atom is 0.222 e. The van der Waals surface area contributed by atoms with Crippen molar-refractivity contribution in [3.8, 4) is 0 Å². The van der Waals surface area contributed by atoms with Crippen LogP contribution in [0.15, 0.2) is 4.99 Å². The molecule has 1 amide bonds. The summed E-state index contributed by atoms with van der Waals surface area (Å²) in [6.45, 7) is 7.80. The molecule has 2 aliphatic rings. The summed E-state index contributed by atoms with van der Waals surface area (Å²) in [5.41, 5.74) is 0. The highest BCUT2D eigenvalue weighted by Gasteiger charge is 2.28. The van der Waals surface area contributed by atoms with Crippen molar-refractivity contribution in [3.63, 3.8) is 0 Å². The van der Waals surface area contributed by atoms with E-state index in [1.165, 1.54) is 12.8 Å². The van der Waals surface area contributed by atoms with E-state index >= 15 is 0 Å². The Morgan fingerprint density at radius 3 is 2.33 bits per heavy atom. The Labute approximate surface area is 164 Å². The van der Waals surface area contributed by atoms with Gasteiger partial charge in [-0.25, -0.2) is 8.42 Å². The van der Waals surface area contributed by atoms with Gasteiger partial charge in [0.05, 0.1) is 18.1 Å². The van der Waals surface area contributed by atoms with Crippen LogP contribution < -0.4 is 16.0 Å². The molecule has 156 valence electrons. The van der Waals surface area contributed by atoms with Gasteiger partial charge in [-0.15, -0.1) is 0 Å². The number of hydrogen-bond acceptors (Lipinski definition) is 4. The van der Waals surface area contributed by atoms with Crippen LogP contribution in [0.2, 0.25) is 0 Å². The van der Waals surface area contributed by atoms with Crippen molar-refractivity contribution in [2.45, 2.75) is 71.4 Å². The quantitative estimate of drug-likeness (QED) is 0.444. The van der Waals surface area contributed by atoms with E-state index in [0.29, 0.717) is 19.0 Å². The lowest BCUT2D eigenvalue weighted by atomic mass is 9.80. The number of rotatable bonds is 7. The third-order valence-electron chi connectivity index (χ3n) is 5.61. The Bertz CT molecular complexity index is 610. The highest BCUT2D eigenvalue weighted by Crippen LogP contribution is 2.29. The number of amides is 1. The van der Waals surface area contributed by atoms with Gasteiger partial charge in [-0.3, -0.25) is 9.79 Å². The van der Waals surface area contributed by atoms with E-state index < -0.39 is 9.84 Å². The van der Waals surface area contributed by atoms with E-state index in [1.54, 1.807) is 0 Å². The van der Waals surface area contributed by atoms with Gasteiger partial charge in [-0.05, 0) is 50.9 Å². The Morgan fingerprint density at radius 1 is 1.07 bits per heavy atom. The van der Waals surface area contributed by atoms with Crippen LogP contribution in [0.1, 0.15) is 59.3 Å². The van der Waals surface area contributed by atoms with Gasteiger partial charge >= 0.3 is 0 Å². The fraction of sp³-hybridized carbons (Fsp3) is 0.895. The molecule has 1 atom stereocenters. The number of nitrogens with one attached hydrogen (secondary N) is 3. The summed E-state index contributed by atoms with van der Waals surface area (Å²) in [5.74, 6) is 2.44. The lowest BCUT2D eigenvalue weighted by molar-refractivity contribution is -0.121. The molecule has 0 bridgehead atoms. The first kappa shape index (κ1) is 22.0. The summed E-state index contributed by atoms with van der Waals surface area (Å²) < 4.78 is 22.9. The van der Waals surface area contributed by atoms with Gasteiger partial charge in [0.25, 0.3) is 0 Å². The van der Waals surface area contributed by atoms with Crippen LogP contribution in [0.4, 0.5) is 0 Å². The number of nitrogens with zero attached hydrogens (tertiary/aromatic N) is 1. The fourth-order valence-corrected chi connectivity index (χ4v) is 5.59. The van der Waals surface area contributed by atoms with Gasteiger partial charge in [0, 0.05) is 25.0 Å². The van der Waals surface area contributed by atoms with Crippen LogP contribution in [0.5, 0.6) is 0 Å². The van der Waals surface area contributed by atoms with Crippen LogP contribution in [-0.4, -0.2) is 57.0 Å². The minimum atomic E-state index is -2.97. The van der Waals surface area contributed by atoms with Crippen LogP contribution >= 0.6 is 0 Å². The van der Waals surface area contributed by atoms with Crippen molar-refractivity contribution in [2.24, 2.45) is 16.8 Å². The molecule has 2 fully saturated rings. The number of guanidine groups is 1. The molecule has 0 aromatic heterocycles. The Balaban J connectivity index is 1.74. The molecule has 2 rings (SSSR count). The van der Waals surface area contributed by atoms with Crippen molar-refractivity contribution in [3.05, 3.63) is 0 Å². The fourth-order valence-electron chi connectivity index (χ4n) is 3.92. The highest BCUT2D eigenvalue weighted by atomic mass is 32.2. The monoisotopic (exact) mass is 400 g/mol. The van der Waals surface area contributed by atoms with Crippen molar-refractivity contribution in [2.75, 3.05) is 24.6 Å². The SMILES string of the molecule is CCNC(=NCCC(=O)NC1CCS(=O)(=O)C1)NC1CCC(C(C)C)CC1. The van der Waals surface area contributed by atoms with Crippen LogP contribution in [-0.2, 0) is 14.6 Å². The van der Waals surface area contributed by atoms with E-state index in [-0.39, 0.29) is 29.9 Å². The summed E-state index contributed by atoms with van der Waals surface area (Å²) in [5, 5.41) is 9.56. The smallest absolute Gasteiger partial charge is 0.222 e. The zero-order valence-electron chi connectivity index (χ0n) is 17.0. The Kier molecular flexibility index (Phi) is 8.38. The molecule has 27 heavy (non-hydrogen) atoms. The van der Waals surface area contributed by atoms with Gasteiger partial charge < -0.3 is 16.0 Å². The van der Waals surface area contributed by atoms with Crippen LogP contribution in [0.3, 0.4) is 0 Å². The zero-order valence-corrected chi connectivity index (χ0v) is 17.8. The molecule has 0 spiro atoms. The summed E-state index contributed by atoms with van der Waals surface area (Å²) in [6.07, 6.45) is 5.60. The molecule has 1 aliphatic carbocycles. The Morgan fingerprint density at radius 2 is 1.78 bits per heavy atom. The summed E-state index contributed by atoms with van der Waals surface area (Å²) in [6, 6.07) is 0.198. The number of carbonyl (C=O) groups excluding carboxylic acids is 1. The molecule has 0 aromatic carbocycles. The Hall–Kier alpha value is -1.31. The molecular weight excluding hydrogens is 364 g/mol.